The Morgan fingerprint density at radius 3 is 2.69 bits per heavy atom. The third kappa shape index (κ3) is 2.21. The van der Waals surface area contributed by atoms with Crippen molar-refractivity contribution in [1.29, 1.82) is 0 Å². The highest BCUT2D eigenvalue weighted by Crippen LogP contribution is 2.27. The normalized spacial score (nSPS) is 39.4. The lowest BCUT2D eigenvalue weighted by molar-refractivity contribution is 0.257. The van der Waals surface area contributed by atoms with Gasteiger partial charge in [-0.2, -0.15) is 5.11 Å². The van der Waals surface area contributed by atoms with E-state index in [2.05, 4.69) is 21.1 Å². The summed E-state index contributed by atoms with van der Waals surface area (Å²) in [6.45, 7) is 0. The average Bonchev–Trinajstić information content (AvgIpc) is 2.77. The molecule has 0 radical (unpaired) electrons. The van der Waals surface area contributed by atoms with Crippen LogP contribution in [-0.2, 0) is 0 Å². The van der Waals surface area contributed by atoms with Crippen molar-refractivity contribution in [3.05, 3.63) is 0 Å². The van der Waals surface area contributed by atoms with Crippen LogP contribution in [0.3, 0.4) is 0 Å². The van der Waals surface area contributed by atoms with Gasteiger partial charge in [-0.1, -0.05) is 24.5 Å². The molecule has 4 nitrogen and oxygen atoms in total. The third-order valence-electron chi connectivity index (χ3n) is 4.32. The molecule has 1 aliphatic heterocycles. The van der Waals surface area contributed by atoms with Crippen molar-refractivity contribution in [3.8, 4) is 0 Å². The molecule has 90 valence electrons. The van der Waals surface area contributed by atoms with Gasteiger partial charge in [-0.05, 0) is 32.1 Å². The molecule has 0 aromatic carbocycles. The maximum Gasteiger partial charge on any atom is 0.0948 e. The van der Waals surface area contributed by atoms with Gasteiger partial charge >= 0.3 is 0 Å². The van der Waals surface area contributed by atoms with Gasteiger partial charge in [0.1, 0.15) is 0 Å². The predicted molar refractivity (Wildman–Crippen MR) is 63.2 cm³/mol. The van der Waals surface area contributed by atoms with Crippen LogP contribution in [0.5, 0.6) is 0 Å². The fourth-order valence-corrected chi connectivity index (χ4v) is 3.37. The Labute approximate surface area is 97.3 Å². The van der Waals surface area contributed by atoms with Gasteiger partial charge in [-0.3, -0.25) is 5.43 Å². The van der Waals surface area contributed by atoms with E-state index in [-0.39, 0.29) is 0 Å². The lowest BCUT2D eigenvalue weighted by Gasteiger charge is -2.34. The minimum absolute atomic E-state index is 0.462. The van der Waals surface area contributed by atoms with E-state index in [9.17, 15) is 0 Å². The van der Waals surface area contributed by atoms with Crippen molar-refractivity contribution in [2.24, 2.45) is 10.3 Å². The zero-order valence-electron chi connectivity index (χ0n) is 9.86. The number of nitrogens with one attached hydrogen (secondary N) is 2. The maximum absolute atomic E-state index is 4.23. The summed E-state index contributed by atoms with van der Waals surface area (Å²) in [6.07, 6.45) is 10.7. The first-order valence-corrected chi connectivity index (χ1v) is 6.83. The van der Waals surface area contributed by atoms with E-state index in [0.29, 0.717) is 18.1 Å². The molecule has 3 atom stereocenters. The van der Waals surface area contributed by atoms with Gasteiger partial charge in [0.2, 0.25) is 0 Å². The molecule has 2 aliphatic carbocycles. The van der Waals surface area contributed by atoms with Crippen LogP contribution in [0.25, 0.3) is 0 Å². The molecule has 2 fully saturated rings. The lowest BCUT2D eigenvalue weighted by Crippen LogP contribution is -2.48. The Morgan fingerprint density at radius 1 is 0.938 bits per heavy atom. The summed E-state index contributed by atoms with van der Waals surface area (Å²) in [4.78, 5) is 0. The first-order valence-electron chi connectivity index (χ1n) is 6.83. The van der Waals surface area contributed by atoms with E-state index in [1.807, 2.05) is 0 Å². The molecule has 3 aliphatic rings. The van der Waals surface area contributed by atoms with Gasteiger partial charge in [0.05, 0.1) is 12.1 Å². The Bertz CT molecular complexity index is 260. The third-order valence-corrected chi connectivity index (χ3v) is 4.32. The number of nitrogens with zero attached hydrogens (tertiary/aromatic N) is 2. The van der Waals surface area contributed by atoms with Crippen LogP contribution in [-0.4, -0.2) is 24.2 Å². The van der Waals surface area contributed by atoms with Crippen molar-refractivity contribution < 1.29 is 0 Å². The molecule has 3 rings (SSSR count). The molecule has 0 amide bonds. The maximum atomic E-state index is 4.23. The Hall–Kier alpha value is -0.640. The minimum atomic E-state index is 0.462. The molecule has 16 heavy (non-hydrogen) atoms. The van der Waals surface area contributed by atoms with Gasteiger partial charge in [0.25, 0.3) is 0 Å². The molecule has 2 N–H and O–H groups in total. The second kappa shape index (κ2) is 4.70. The van der Waals surface area contributed by atoms with Crippen molar-refractivity contribution in [3.63, 3.8) is 0 Å². The molecule has 0 bridgehead atoms. The van der Waals surface area contributed by atoms with Crippen LogP contribution in [0.15, 0.2) is 10.3 Å². The monoisotopic (exact) mass is 222 g/mol. The molecule has 1 heterocycles. The lowest BCUT2D eigenvalue weighted by atomic mass is 9.86. The first kappa shape index (κ1) is 10.5. The second-order valence-corrected chi connectivity index (χ2v) is 5.53. The van der Waals surface area contributed by atoms with Gasteiger partial charge in [-0.15, -0.1) is 0 Å². The van der Waals surface area contributed by atoms with E-state index >= 15 is 0 Å². The average molecular weight is 222 g/mol. The summed E-state index contributed by atoms with van der Waals surface area (Å²) >= 11 is 0. The van der Waals surface area contributed by atoms with Crippen molar-refractivity contribution in [1.82, 2.24) is 10.7 Å². The summed E-state index contributed by atoms with van der Waals surface area (Å²) < 4.78 is 0. The first-order chi connectivity index (χ1) is 7.92. The number of hydrogen-bond donors (Lipinski definition) is 2. The molecule has 3 unspecified atom stereocenters. The number of fused-ring (bicyclic) bond motifs is 1. The molecular weight excluding hydrogens is 200 g/mol. The van der Waals surface area contributed by atoms with Crippen LogP contribution in [0.4, 0.5) is 0 Å². The molecule has 0 aromatic rings. The van der Waals surface area contributed by atoms with Crippen molar-refractivity contribution >= 4 is 0 Å². The van der Waals surface area contributed by atoms with Gasteiger partial charge in [0, 0.05) is 12.1 Å². The molecule has 2 saturated carbocycles. The summed E-state index contributed by atoms with van der Waals surface area (Å²) in [5.74, 6) is 0. The highest BCUT2D eigenvalue weighted by atomic mass is 15.5. The summed E-state index contributed by atoms with van der Waals surface area (Å²) in [5, 5.41) is 12.0. The molecular formula is C12H22N4. The Balaban J connectivity index is 1.48. The smallest absolute Gasteiger partial charge is 0.0948 e. The topological polar surface area (TPSA) is 48.8 Å². The highest BCUT2D eigenvalue weighted by molar-refractivity contribution is 4.94. The van der Waals surface area contributed by atoms with Crippen LogP contribution < -0.4 is 10.7 Å². The van der Waals surface area contributed by atoms with Crippen molar-refractivity contribution in [2.45, 2.75) is 75.5 Å². The zero-order valence-corrected chi connectivity index (χ0v) is 9.86. The van der Waals surface area contributed by atoms with Crippen LogP contribution in [0.2, 0.25) is 0 Å². The SMILES string of the molecule is C1CCC(NC2CCC3N=NNC3C2)CC1. The molecule has 4 heteroatoms. The van der Waals surface area contributed by atoms with Gasteiger partial charge < -0.3 is 5.32 Å². The fourth-order valence-electron chi connectivity index (χ4n) is 3.37. The fraction of sp³-hybridized carbons (Fsp3) is 1.00. The van der Waals surface area contributed by atoms with E-state index in [0.717, 1.165) is 6.04 Å². The Morgan fingerprint density at radius 2 is 1.81 bits per heavy atom. The standard InChI is InChI=1S/C12H22N4/c1-2-4-9(5-3-1)13-10-6-7-11-12(8-10)15-16-14-11/h9-13H,1-8H2,(H,14,15). The summed E-state index contributed by atoms with van der Waals surface area (Å²) in [7, 11) is 0. The second-order valence-electron chi connectivity index (χ2n) is 5.53. The largest absolute Gasteiger partial charge is 0.311 e. The van der Waals surface area contributed by atoms with E-state index in [4.69, 9.17) is 0 Å². The van der Waals surface area contributed by atoms with E-state index in [1.165, 1.54) is 51.4 Å². The highest BCUT2D eigenvalue weighted by Gasteiger charge is 2.34. The predicted octanol–water partition coefficient (Wildman–Crippen LogP) is 2.17. The molecule has 0 spiro atoms. The molecule has 0 saturated heterocycles. The van der Waals surface area contributed by atoms with Crippen LogP contribution in [0.1, 0.15) is 51.4 Å². The quantitative estimate of drug-likeness (QED) is 0.752. The van der Waals surface area contributed by atoms with Crippen LogP contribution >= 0.6 is 0 Å². The van der Waals surface area contributed by atoms with Crippen LogP contribution in [0, 0.1) is 0 Å². The number of hydrogen-bond acceptors (Lipinski definition) is 4. The summed E-state index contributed by atoms with van der Waals surface area (Å²) in [6, 6.07) is 2.45. The number of rotatable bonds is 2. The van der Waals surface area contributed by atoms with E-state index < -0.39 is 0 Å². The Kier molecular flexibility index (Phi) is 3.09. The van der Waals surface area contributed by atoms with E-state index in [1.54, 1.807) is 0 Å². The van der Waals surface area contributed by atoms with Crippen molar-refractivity contribution in [2.75, 3.05) is 0 Å². The minimum Gasteiger partial charge on any atom is -0.311 e. The van der Waals surface area contributed by atoms with Gasteiger partial charge in [0.15, 0.2) is 0 Å². The molecule has 0 aromatic heterocycles. The zero-order chi connectivity index (χ0) is 10.8. The van der Waals surface area contributed by atoms with Gasteiger partial charge in [-0.25, -0.2) is 0 Å². The summed E-state index contributed by atoms with van der Waals surface area (Å²) in [5.41, 5.74) is 3.14.